The van der Waals surface area contributed by atoms with E-state index >= 15 is 0 Å². The molecule has 6 nitrogen and oxygen atoms in total. The van der Waals surface area contributed by atoms with Gasteiger partial charge in [-0.05, 0) is 24.6 Å². The summed E-state index contributed by atoms with van der Waals surface area (Å²) in [6.07, 6.45) is 1.79. The number of amides is 1. The molecule has 1 aromatic heterocycles. The third kappa shape index (κ3) is 2.86. The van der Waals surface area contributed by atoms with Crippen molar-refractivity contribution in [3.8, 4) is 0 Å². The number of hydrogen-bond donors (Lipinski definition) is 2. The highest BCUT2D eigenvalue weighted by Gasteiger charge is 2.31. The third-order valence-corrected chi connectivity index (χ3v) is 5.67. The van der Waals surface area contributed by atoms with Gasteiger partial charge in [-0.3, -0.25) is 9.59 Å². The monoisotopic (exact) mass is 340 g/mol. The van der Waals surface area contributed by atoms with Gasteiger partial charge in [0.25, 0.3) is 11.7 Å². The van der Waals surface area contributed by atoms with Crippen molar-refractivity contribution in [1.29, 1.82) is 0 Å². The molecule has 2 aromatic rings. The molecule has 1 aliphatic heterocycles. The number of halogens is 1. The summed E-state index contributed by atoms with van der Waals surface area (Å²) < 4.78 is 22.8. The zero-order valence-electron chi connectivity index (χ0n) is 11.4. The van der Waals surface area contributed by atoms with Crippen LogP contribution >= 0.6 is 11.6 Å². The molecule has 1 aromatic carbocycles. The fraction of sp³-hybridized carbons (Fsp3) is 0.286. The number of aromatic amines is 1. The van der Waals surface area contributed by atoms with Crippen LogP contribution in [0.2, 0.25) is 5.02 Å². The molecular formula is C14H13ClN2O4S. The number of aromatic nitrogens is 1. The lowest BCUT2D eigenvalue weighted by Gasteiger charge is -2.09. The lowest BCUT2D eigenvalue weighted by molar-refractivity contribution is -0.117. The summed E-state index contributed by atoms with van der Waals surface area (Å²) in [5.41, 5.74) is 0.917. The Bertz CT molecular complexity index is 872. The number of hydrogen-bond acceptors (Lipinski definition) is 4. The molecule has 2 N–H and O–H groups in total. The van der Waals surface area contributed by atoms with E-state index < -0.39 is 27.6 Å². The molecule has 0 bridgehead atoms. The molecule has 1 atom stereocenters. The summed E-state index contributed by atoms with van der Waals surface area (Å²) >= 11 is 5.91. The van der Waals surface area contributed by atoms with Crippen LogP contribution in [0.3, 0.4) is 0 Å². The molecule has 1 aliphatic rings. The topological polar surface area (TPSA) is 96.1 Å². The Hall–Kier alpha value is -1.86. The van der Waals surface area contributed by atoms with Crippen molar-refractivity contribution in [2.24, 2.45) is 0 Å². The molecule has 1 amide bonds. The van der Waals surface area contributed by atoms with Crippen LogP contribution in [0.4, 0.5) is 0 Å². The first-order chi connectivity index (χ1) is 10.4. The van der Waals surface area contributed by atoms with Crippen LogP contribution in [-0.4, -0.2) is 42.6 Å². The fourth-order valence-corrected chi connectivity index (χ4v) is 4.41. The van der Waals surface area contributed by atoms with Gasteiger partial charge in [0, 0.05) is 28.2 Å². The van der Waals surface area contributed by atoms with Gasteiger partial charge in [0.05, 0.1) is 17.1 Å². The van der Waals surface area contributed by atoms with Crippen LogP contribution in [0, 0.1) is 0 Å². The van der Waals surface area contributed by atoms with E-state index in [9.17, 15) is 18.0 Å². The lowest BCUT2D eigenvalue weighted by Crippen LogP contribution is -2.39. The number of H-pyrrole nitrogens is 1. The van der Waals surface area contributed by atoms with Crippen molar-refractivity contribution < 1.29 is 18.0 Å². The summed E-state index contributed by atoms with van der Waals surface area (Å²) in [6.45, 7) is 0. The highest BCUT2D eigenvalue weighted by Crippen LogP contribution is 2.23. The van der Waals surface area contributed by atoms with Crippen molar-refractivity contribution in [3.05, 3.63) is 35.0 Å². The number of carbonyl (C=O) groups excluding carboxylic acids is 2. The minimum Gasteiger partial charge on any atom is -0.360 e. The molecule has 0 spiro atoms. The van der Waals surface area contributed by atoms with Crippen molar-refractivity contribution in [2.45, 2.75) is 12.5 Å². The van der Waals surface area contributed by atoms with Crippen LogP contribution in [-0.2, 0) is 14.6 Å². The predicted molar refractivity (Wildman–Crippen MR) is 82.8 cm³/mol. The van der Waals surface area contributed by atoms with E-state index in [1.54, 1.807) is 18.2 Å². The van der Waals surface area contributed by atoms with Crippen molar-refractivity contribution in [2.75, 3.05) is 11.5 Å². The molecule has 2 heterocycles. The molecule has 22 heavy (non-hydrogen) atoms. The summed E-state index contributed by atoms with van der Waals surface area (Å²) in [4.78, 5) is 27.2. The predicted octanol–water partition coefficient (Wildman–Crippen LogP) is 1.31. The number of benzene rings is 1. The van der Waals surface area contributed by atoms with E-state index in [2.05, 4.69) is 10.3 Å². The molecular weight excluding hydrogens is 328 g/mol. The van der Waals surface area contributed by atoms with Crippen molar-refractivity contribution in [3.63, 3.8) is 0 Å². The third-order valence-electron chi connectivity index (χ3n) is 3.66. The van der Waals surface area contributed by atoms with E-state index in [1.807, 2.05) is 0 Å². The fourth-order valence-electron chi connectivity index (χ4n) is 2.56. The van der Waals surface area contributed by atoms with Gasteiger partial charge in [0.15, 0.2) is 9.84 Å². The highest BCUT2D eigenvalue weighted by atomic mass is 35.5. The standard InChI is InChI=1S/C14H13ClN2O4S/c15-8-1-2-12-10(5-8)11(6-16-12)13(18)14(19)17-9-3-4-22(20,21)7-9/h1-2,5-6,9,16H,3-4,7H2,(H,17,19). The average molecular weight is 341 g/mol. The second-order valence-corrected chi connectivity index (χ2v) is 7.96. The number of carbonyl (C=O) groups is 2. The average Bonchev–Trinajstić information content (AvgIpc) is 3.00. The number of ketones is 1. The van der Waals surface area contributed by atoms with Crippen LogP contribution in [0.15, 0.2) is 24.4 Å². The second-order valence-electron chi connectivity index (χ2n) is 5.29. The Labute approximate surface area is 131 Å². The molecule has 0 saturated carbocycles. The zero-order valence-corrected chi connectivity index (χ0v) is 13.0. The zero-order chi connectivity index (χ0) is 15.9. The Morgan fingerprint density at radius 1 is 1.32 bits per heavy atom. The minimum atomic E-state index is -3.11. The van der Waals surface area contributed by atoms with Crippen LogP contribution in [0.25, 0.3) is 10.9 Å². The van der Waals surface area contributed by atoms with Crippen LogP contribution in [0.5, 0.6) is 0 Å². The minimum absolute atomic E-state index is 0.0365. The Morgan fingerprint density at radius 3 is 2.77 bits per heavy atom. The van der Waals surface area contributed by atoms with Gasteiger partial charge in [-0.25, -0.2) is 8.42 Å². The maximum absolute atomic E-state index is 12.3. The maximum atomic E-state index is 12.3. The van der Waals surface area contributed by atoms with Crippen molar-refractivity contribution >= 4 is 44.0 Å². The first-order valence-electron chi connectivity index (χ1n) is 6.68. The van der Waals surface area contributed by atoms with Gasteiger partial charge >= 0.3 is 0 Å². The van der Waals surface area contributed by atoms with E-state index in [0.717, 1.165) is 0 Å². The van der Waals surface area contributed by atoms with Crippen LogP contribution in [0.1, 0.15) is 16.8 Å². The Morgan fingerprint density at radius 2 is 2.09 bits per heavy atom. The van der Waals surface area contributed by atoms with Gasteiger partial charge in [-0.2, -0.15) is 0 Å². The largest absolute Gasteiger partial charge is 0.360 e. The summed E-state index contributed by atoms with van der Waals surface area (Å²) in [7, 11) is -3.11. The first kappa shape index (κ1) is 15.1. The van der Waals surface area contributed by atoms with E-state index in [0.29, 0.717) is 22.3 Å². The molecule has 0 radical (unpaired) electrons. The Kier molecular flexibility index (Phi) is 3.70. The summed E-state index contributed by atoms with van der Waals surface area (Å²) in [5.74, 6) is -1.60. The van der Waals surface area contributed by atoms with Gasteiger partial charge in [-0.15, -0.1) is 0 Å². The number of rotatable bonds is 3. The lowest BCUT2D eigenvalue weighted by atomic mass is 10.1. The molecule has 116 valence electrons. The molecule has 3 rings (SSSR count). The number of Topliss-reactive ketones (excluding diaryl/α,β-unsaturated/α-hetero) is 1. The number of sulfone groups is 1. The summed E-state index contributed by atoms with van der Waals surface area (Å²) in [6, 6.07) is 4.50. The van der Waals surface area contributed by atoms with Gasteiger partial charge in [0.2, 0.25) is 0 Å². The molecule has 8 heteroatoms. The van der Waals surface area contributed by atoms with Crippen molar-refractivity contribution in [1.82, 2.24) is 10.3 Å². The quantitative estimate of drug-likeness (QED) is 0.650. The molecule has 1 fully saturated rings. The molecule has 1 unspecified atom stereocenters. The van der Waals surface area contributed by atoms with E-state index in [1.165, 1.54) is 6.20 Å². The normalized spacial score (nSPS) is 20.1. The SMILES string of the molecule is O=C(NC1CCS(=O)(=O)C1)C(=O)c1c[nH]c2ccc(Cl)cc12. The second kappa shape index (κ2) is 5.40. The van der Waals surface area contributed by atoms with Gasteiger partial charge in [0.1, 0.15) is 0 Å². The van der Waals surface area contributed by atoms with E-state index in [-0.39, 0.29) is 17.1 Å². The Balaban J connectivity index is 1.80. The molecule has 0 aliphatic carbocycles. The maximum Gasteiger partial charge on any atom is 0.292 e. The van der Waals surface area contributed by atoms with Gasteiger partial charge in [-0.1, -0.05) is 11.6 Å². The molecule has 1 saturated heterocycles. The van der Waals surface area contributed by atoms with Crippen LogP contribution < -0.4 is 5.32 Å². The number of nitrogens with one attached hydrogen (secondary N) is 2. The van der Waals surface area contributed by atoms with E-state index in [4.69, 9.17) is 11.6 Å². The number of fused-ring (bicyclic) bond motifs is 1. The smallest absolute Gasteiger partial charge is 0.292 e. The first-order valence-corrected chi connectivity index (χ1v) is 8.88. The highest BCUT2D eigenvalue weighted by molar-refractivity contribution is 7.91. The summed E-state index contributed by atoms with van der Waals surface area (Å²) in [5, 5.41) is 3.51. The van der Waals surface area contributed by atoms with Gasteiger partial charge < -0.3 is 10.3 Å².